The molecule has 0 heterocycles. The Labute approximate surface area is 347 Å². The fourth-order valence-corrected chi connectivity index (χ4v) is 10.2. The van der Waals surface area contributed by atoms with E-state index in [1.807, 2.05) is 40.8 Å². The average molecular weight is 807 g/mol. The number of ether oxygens (including phenoxy) is 1. The number of carbonyl (C=O) groups excluding carboxylic acids is 1. The van der Waals surface area contributed by atoms with Gasteiger partial charge in [0.2, 0.25) is 0 Å². The smallest absolute Gasteiger partial charge is 0.334 e. The monoisotopic (exact) mass is 807 g/mol. The molecule has 1 fully saturated rings. The Morgan fingerprint density at radius 2 is 1.14 bits per heavy atom. The number of hydrogen-bond donors (Lipinski definition) is 2. The molecule has 0 amide bonds. The van der Waals surface area contributed by atoms with Gasteiger partial charge >= 0.3 is 14.5 Å². The zero-order valence-corrected chi connectivity index (χ0v) is 38.9. The summed E-state index contributed by atoms with van der Waals surface area (Å²) in [4.78, 5) is 23.0. The molecule has 8 nitrogen and oxygen atoms in total. The molecule has 1 aliphatic carbocycles. The third kappa shape index (κ3) is 15.6. The SMILES string of the molecule is CCO[Si](C)(CCCCCCCCCCC(=O)Oc1cc(C=N[C@@H]2CCCC[C@H]2N=Cc2cc(C(C)(C)C)cc(C(C)(C)C)c2O)c(O)c(C(C)(C)C)c1)OCC. The number of rotatable bonds is 20. The third-order valence-corrected chi connectivity index (χ3v) is 14.2. The highest BCUT2D eigenvalue weighted by Crippen LogP contribution is 2.39. The molecule has 2 atom stereocenters. The molecule has 0 spiro atoms. The number of esters is 1. The first kappa shape index (κ1) is 48.4. The van der Waals surface area contributed by atoms with Crippen LogP contribution in [0.3, 0.4) is 0 Å². The molecule has 0 radical (unpaired) electrons. The summed E-state index contributed by atoms with van der Waals surface area (Å²) in [5.74, 6) is 0.609. The zero-order valence-electron chi connectivity index (χ0n) is 37.9. The molecule has 2 aromatic carbocycles. The average Bonchev–Trinajstić information content (AvgIpc) is 3.11. The lowest BCUT2D eigenvalue weighted by atomic mass is 9.79. The van der Waals surface area contributed by atoms with Gasteiger partial charge in [0, 0.05) is 54.3 Å². The maximum atomic E-state index is 13.0. The molecule has 0 saturated heterocycles. The van der Waals surface area contributed by atoms with Crippen LogP contribution in [0.15, 0.2) is 34.3 Å². The Morgan fingerprint density at radius 3 is 1.61 bits per heavy atom. The van der Waals surface area contributed by atoms with E-state index in [1.165, 1.54) is 25.7 Å². The van der Waals surface area contributed by atoms with E-state index in [0.717, 1.165) is 87.3 Å². The van der Waals surface area contributed by atoms with Crippen molar-refractivity contribution in [2.45, 2.75) is 201 Å². The van der Waals surface area contributed by atoms with E-state index in [0.29, 0.717) is 23.3 Å². The van der Waals surface area contributed by atoms with Crippen molar-refractivity contribution in [3.05, 3.63) is 52.1 Å². The van der Waals surface area contributed by atoms with Crippen LogP contribution in [-0.4, -0.2) is 62.5 Å². The Hall–Kier alpha value is -3.01. The van der Waals surface area contributed by atoms with Gasteiger partial charge in [0.05, 0.1) is 12.1 Å². The molecular weight excluding hydrogens is 729 g/mol. The van der Waals surface area contributed by atoms with Gasteiger partial charge in [-0.1, -0.05) is 126 Å². The highest BCUT2D eigenvalue weighted by molar-refractivity contribution is 6.66. The second-order valence-corrected chi connectivity index (χ2v) is 22.7. The first-order chi connectivity index (χ1) is 26.7. The molecule has 320 valence electrons. The van der Waals surface area contributed by atoms with Gasteiger partial charge in [0.25, 0.3) is 0 Å². The predicted molar refractivity (Wildman–Crippen MR) is 240 cm³/mol. The van der Waals surface area contributed by atoms with Crippen LogP contribution in [0.5, 0.6) is 17.2 Å². The number of aliphatic imine (C=N–C) groups is 2. The fraction of sp³-hybridized carbons (Fsp3) is 0.688. The summed E-state index contributed by atoms with van der Waals surface area (Å²) in [5.41, 5.74) is 3.37. The number of phenolic OH excluding ortho intramolecular Hbond substituents is 2. The van der Waals surface area contributed by atoms with Crippen LogP contribution in [0.2, 0.25) is 12.6 Å². The molecule has 0 aliphatic heterocycles. The number of aromatic hydroxyl groups is 2. The molecule has 3 rings (SSSR count). The van der Waals surface area contributed by atoms with Crippen LogP contribution in [-0.2, 0) is 29.9 Å². The van der Waals surface area contributed by atoms with Gasteiger partial charge in [-0.25, -0.2) is 0 Å². The summed E-state index contributed by atoms with van der Waals surface area (Å²) in [6.45, 7) is 26.7. The van der Waals surface area contributed by atoms with Crippen LogP contribution in [0.4, 0.5) is 0 Å². The van der Waals surface area contributed by atoms with Crippen molar-refractivity contribution in [3.63, 3.8) is 0 Å². The second-order valence-electron chi connectivity index (χ2n) is 19.4. The Kier molecular flexibility index (Phi) is 18.5. The Balaban J connectivity index is 1.63. The van der Waals surface area contributed by atoms with Crippen molar-refractivity contribution in [2.24, 2.45) is 9.98 Å². The van der Waals surface area contributed by atoms with E-state index in [2.05, 4.69) is 60.2 Å². The van der Waals surface area contributed by atoms with E-state index in [1.54, 1.807) is 18.3 Å². The van der Waals surface area contributed by atoms with Gasteiger partial charge in [-0.15, -0.1) is 0 Å². The lowest BCUT2D eigenvalue weighted by molar-refractivity contribution is -0.134. The van der Waals surface area contributed by atoms with Gasteiger partial charge in [0.15, 0.2) is 0 Å². The molecule has 57 heavy (non-hydrogen) atoms. The van der Waals surface area contributed by atoms with Crippen molar-refractivity contribution in [1.82, 2.24) is 0 Å². The van der Waals surface area contributed by atoms with Crippen molar-refractivity contribution < 1.29 is 28.6 Å². The van der Waals surface area contributed by atoms with Crippen molar-refractivity contribution in [2.75, 3.05) is 13.2 Å². The van der Waals surface area contributed by atoms with Gasteiger partial charge in [-0.05, 0) is 85.7 Å². The number of benzene rings is 2. The van der Waals surface area contributed by atoms with Gasteiger partial charge in [-0.2, -0.15) is 0 Å². The zero-order chi connectivity index (χ0) is 42.4. The van der Waals surface area contributed by atoms with Gasteiger partial charge in [-0.3, -0.25) is 14.8 Å². The number of unbranched alkanes of at least 4 members (excludes halogenated alkanes) is 7. The van der Waals surface area contributed by atoms with Crippen molar-refractivity contribution >= 4 is 27.0 Å². The van der Waals surface area contributed by atoms with Crippen LogP contribution >= 0.6 is 0 Å². The van der Waals surface area contributed by atoms with Crippen LogP contribution in [0, 0.1) is 0 Å². The van der Waals surface area contributed by atoms with Crippen LogP contribution in [0.25, 0.3) is 0 Å². The molecule has 2 aromatic rings. The summed E-state index contributed by atoms with van der Waals surface area (Å²) >= 11 is 0. The molecule has 2 N–H and O–H groups in total. The highest BCUT2D eigenvalue weighted by atomic mass is 28.4. The maximum Gasteiger partial charge on any atom is 0.334 e. The Bertz CT molecular complexity index is 1630. The Morgan fingerprint density at radius 1 is 0.684 bits per heavy atom. The van der Waals surface area contributed by atoms with E-state index < -0.39 is 8.56 Å². The minimum absolute atomic E-state index is 0.0554. The van der Waals surface area contributed by atoms with Crippen molar-refractivity contribution in [3.8, 4) is 17.2 Å². The summed E-state index contributed by atoms with van der Waals surface area (Å²) < 4.78 is 17.8. The summed E-state index contributed by atoms with van der Waals surface area (Å²) in [6.07, 6.45) is 16.7. The molecule has 9 heteroatoms. The topological polar surface area (TPSA) is 110 Å². The molecule has 1 saturated carbocycles. The maximum absolute atomic E-state index is 13.0. The second kappa shape index (κ2) is 21.8. The summed E-state index contributed by atoms with van der Waals surface area (Å²) in [6, 6.07) is 8.62. The molecule has 0 unspecified atom stereocenters. The van der Waals surface area contributed by atoms with Gasteiger partial charge < -0.3 is 23.8 Å². The fourth-order valence-electron chi connectivity index (χ4n) is 7.67. The first-order valence-electron chi connectivity index (χ1n) is 22.0. The summed E-state index contributed by atoms with van der Waals surface area (Å²) in [5, 5.41) is 22.8. The predicted octanol–water partition coefficient (Wildman–Crippen LogP) is 12.4. The quantitative estimate of drug-likeness (QED) is 0.0453. The van der Waals surface area contributed by atoms with E-state index >= 15 is 0 Å². The normalized spacial score (nSPS) is 17.2. The summed E-state index contributed by atoms with van der Waals surface area (Å²) in [7, 11) is -2.01. The van der Waals surface area contributed by atoms with Crippen LogP contribution < -0.4 is 4.74 Å². The van der Waals surface area contributed by atoms with E-state index in [4.69, 9.17) is 23.6 Å². The van der Waals surface area contributed by atoms with Crippen LogP contribution in [0.1, 0.15) is 187 Å². The lowest BCUT2D eigenvalue weighted by Gasteiger charge is -2.28. The first-order valence-corrected chi connectivity index (χ1v) is 24.5. The number of carbonyl (C=O) groups is 1. The van der Waals surface area contributed by atoms with E-state index in [9.17, 15) is 15.0 Å². The highest BCUT2D eigenvalue weighted by Gasteiger charge is 2.30. The minimum atomic E-state index is -2.01. The van der Waals surface area contributed by atoms with Crippen molar-refractivity contribution in [1.29, 1.82) is 0 Å². The van der Waals surface area contributed by atoms with E-state index in [-0.39, 0.29) is 45.8 Å². The number of nitrogens with zero attached hydrogens (tertiary/aromatic N) is 2. The largest absolute Gasteiger partial charge is 0.507 e. The third-order valence-electron chi connectivity index (χ3n) is 11.1. The molecule has 0 aromatic heterocycles. The number of phenols is 2. The standard InChI is InChI=1S/C48H78N2O6Si/c1-13-54-57(12,55-14-2)28-24-20-18-16-15-17-19-21-27-43(51)56-38-30-36(45(53)40(32-38)48(9,10)11)34-50-42-26-23-22-25-41(42)49-33-35-29-37(46(3,4)5)31-39(44(35)52)47(6,7)8/h29-34,41-42,52-53H,13-28H2,1-12H3/t41-,42-/m1/s1. The van der Waals surface area contributed by atoms with Gasteiger partial charge in [0.1, 0.15) is 17.2 Å². The molecule has 1 aliphatic rings. The number of hydrogen-bond acceptors (Lipinski definition) is 8. The lowest BCUT2D eigenvalue weighted by Crippen LogP contribution is -2.38. The minimum Gasteiger partial charge on any atom is -0.507 e. The molecular formula is C48H78N2O6Si. The molecule has 0 bridgehead atoms.